The van der Waals surface area contributed by atoms with Crippen molar-refractivity contribution in [2.75, 3.05) is 50.4 Å². The molecular formula is C11H18N4O. The van der Waals surface area contributed by atoms with Crippen molar-refractivity contribution in [2.24, 2.45) is 0 Å². The molecule has 1 aromatic heterocycles. The van der Waals surface area contributed by atoms with E-state index in [0.29, 0.717) is 5.69 Å². The van der Waals surface area contributed by atoms with Crippen molar-refractivity contribution in [3.05, 3.63) is 18.5 Å². The summed E-state index contributed by atoms with van der Waals surface area (Å²) < 4.78 is 5.29. The highest BCUT2D eigenvalue weighted by Crippen LogP contribution is 2.14. The second-order valence-corrected chi connectivity index (χ2v) is 3.84. The predicted molar refractivity (Wildman–Crippen MR) is 64.4 cm³/mol. The number of nitrogens with zero attached hydrogens (tertiary/aromatic N) is 2. The largest absolute Gasteiger partial charge is 0.396 e. The van der Waals surface area contributed by atoms with E-state index in [2.05, 4.69) is 15.2 Å². The Balaban J connectivity index is 1.73. The molecular weight excluding hydrogens is 204 g/mol. The molecule has 0 saturated carbocycles. The minimum atomic E-state index is 0.699. The number of rotatable bonds is 4. The lowest BCUT2D eigenvalue weighted by Crippen LogP contribution is -2.39. The number of pyridine rings is 1. The van der Waals surface area contributed by atoms with E-state index < -0.39 is 0 Å². The number of hydrogen-bond donors (Lipinski definition) is 2. The van der Waals surface area contributed by atoms with Crippen LogP contribution in [0.3, 0.4) is 0 Å². The molecule has 1 fully saturated rings. The van der Waals surface area contributed by atoms with E-state index in [-0.39, 0.29) is 0 Å². The van der Waals surface area contributed by atoms with E-state index in [1.54, 1.807) is 12.4 Å². The zero-order valence-corrected chi connectivity index (χ0v) is 9.35. The van der Waals surface area contributed by atoms with Gasteiger partial charge >= 0.3 is 0 Å². The van der Waals surface area contributed by atoms with Crippen LogP contribution in [0.25, 0.3) is 0 Å². The third-order valence-electron chi connectivity index (χ3n) is 2.70. The lowest BCUT2D eigenvalue weighted by Gasteiger charge is -2.26. The van der Waals surface area contributed by atoms with Gasteiger partial charge in [-0.25, -0.2) is 0 Å². The summed E-state index contributed by atoms with van der Waals surface area (Å²) in [6.45, 7) is 5.65. The van der Waals surface area contributed by atoms with Crippen molar-refractivity contribution in [2.45, 2.75) is 0 Å². The van der Waals surface area contributed by atoms with Gasteiger partial charge in [0.1, 0.15) is 0 Å². The van der Waals surface area contributed by atoms with Crippen LogP contribution >= 0.6 is 0 Å². The zero-order valence-electron chi connectivity index (χ0n) is 9.35. The molecule has 2 rings (SSSR count). The second kappa shape index (κ2) is 5.67. The molecule has 5 heteroatoms. The molecule has 0 spiro atoms. The van der Waals surface area contributed by atoms with E-state index in [4.69, 9.17) is 10.5 Å². The number of hydrogen-bond acceptors (Lipinski definition) is 5. The van der Waals surface area contributed by atoms with E-state index >= 15 is 0 Å². The SMILES string of the molecule is Nc1cnccc1NCCN1CCOCC1. The first-order valence-corrected chi connectivity index (χ1v) is 5.60. The van der Waals surface area contributed by atoms with Crippen LogP contribution in [0.15, 0.2) is 18.5 Å². The minimum Gasteiger partial charge on any atom is -0.396 e. The van der Waals surface area contributed by atoms with E-state index in [9.17, 15) is 0 Å². The molecule has 0 unspecified atom stereocenters. The zero-order chi connectivity index (χ0) is 11.2. The van der Waals surface area contributed by atoms with Crippen molar-refractivity contribution in [3.63, 3.8) is 0 Å². The molecule has 0 atom stereocenters. The maximum atomic E-state index is 5.78. The molecule has 1 aliphatic heterocycles. The van der Waals surface area contributed by atoms with Crippen molar-refractivity contribution in [1.29, 1.82) is 0 Å². The molecule has 3 N–H and O–H groups in total. The average Bonchev–Trinajstić information content (AvgIpc) is 2.33. The van der Waals surface area contributed by atoms with Crippen LogP contribution in [0.1, 0.15) is 0 Å². The third kappa shape index (κ3) is 3.08. The van der Waals surface area contributed by atoms with Crippen molar-refractivity contribution >= 4 is 11.4 Å². The van der Waals surface area contributed by atoms with E-state index in [1.807, 2.05) is 6.07 Å². The van der Waals surface area contributed by atoms with Gasteiger partial charge in [-0.05, 0) is 6.07 Å². The Hall–Kier alpha value is -1.33. The number of anilines is 2. The van der Waals surface area contributed by atoms with E-state index in [0.717, 1.165) is 45.1 Å². The smallest absolute Gasteiger partial charge is 0.0736 e. The molecule has 0 aromatic carbocycles. The topological polar surface area (TPSA) is 63.4 Å². The fraction of sp³-hybridized carbons (Fsp3) is 0.545. The first-order chi connectivity index (χ1) is 7.86. The molecule has 16 heavy (non-hydrogen) atoms. The standard InChI is InChI=1S/C11H18N4O/c12-10-9-13-2-1-11(10)14-3-4-15-5-7-16-8-6-15/h1-2,9H,3-8,12H2,(H,13,14). The predicted octanol–water partition coefficient (Wildman–Crippen LogP) is 0.408. The maximum Gasteiger partial charge on any atom is 0.0736 e. The summed E-state index contributed by atoms with van der Waals surface area (Å²) in [6, 6.07) is 1.90. The molecule has 0 bridgehead atoms. The Morgan fingerprint density at radius 3 is 3.00 bits per heavy atom. The molecule has 1 aromatic rings. The van der Waals surface area contributed by atoms with Gasteiger partial charge in [0.25, 0.3) is 0 Å². The van der Waals surface area contributed by atoms with Gasteiger partial charge < -0.3 is 15.8 Å². The van der Waals surface area contributed by atoms with Crippen LogP contribution < -0.4 is 11.1 Å². The van der Waals surface area contributed by atoms with Crippen LogP contribution in [0.5, 0.6) is 0 Å². The van der Waals surface area contributed by atoms with Crippen LogP contribution in [0, 0.1) is 0 Å². The third-order valence-corrected chi connectivity index (χ3v) is 2.70. The molecule has 5 nitrogen and oxygen atoms in total. The number of morpholine rings is 1. The summed E-state index contributed by atoms with van der Waals surface area (Å²) in [4.78, 5) is 6.33. The fourth-order valence-electron chi connectivity index (χ4n) is 1.74. The summed E-state index contributed by atoms with van der Waals surface area (Å²) in [5.41, 5.74) is 7.44. The highest BCUT2D eigenvalue weighted by molar-refractivity contribution is 5.64. The van der Waals surface area contributed by atoms with Crippen LogP contribution in [0.2, 0.25) is 0 Å². The second-order valence-electron chi connectivity index (χ2n) is 3.84. The van der Waals surface area contributed by atoms with Gasteiger partial charge in [-0.3, -0.25) is 9.88 Å². The van der Waals surface area contributed by atoms with Gasteiger partial charge in [-0.15, -0.1) is 0 Å². The highest BCUT2D eigenvalue weighted by atomic mass is 16.5. The monoisotopic (exact) mass is 222 g/mol. The molecule has 2 heterocycles. The molecule has 88 valence electrons. The minimum absolute atomic E-state index is 0.699. The Kier molecular flexibility index (Phi) is 3.96. The summed E-state index contributed by atoms with van der Waals surface area (Å²) in [7, 11) is 0. The molecule has 0 aliphatic carbocycles. The van der Waals surface area contributed by atoms with Gasteiger partial charge in [0.05, 0.1) is 30.8 Å². The first-order valence-electron chi connectivity index (χ1n) is 5.60. The Bertz CT molecular complexity index is 326. The summed E-state index contributed by atoms with van der Waals surface area (Å²) in [6.07, 6.45) is 3.41. The van der Waals surface area contributed by atoms with Gasteiger partial charge in [-0.1, -0.05) is 0 Å². The Morgan fingerprint density at radius 2 is 2.25 bits per heavy atom. The van der Waals surface area contributed by atoms with Crippen LogP contribution in [0.4, 0.5) is 11.4 Å². The van der Waals surface area contributed by atoms with Gasteiger partial charge in [0.15, 0.2) is 0 Å². The highest BCUT2D eigenvalue weighted by Gasteiger charge is 2.09. The summed E-state index contributed by atoms with van der Waals surface area (Å²) in [5, 5.41) is 3.31. The lowest BCUT2D eigenvalue weighted by molar-refractivity contribution is 0.0398. The number of ether oxygens (including phenoxy) is 1. The molecule has 1 aliphatic rings. The fourth-order valence-corrected chi connectivity index (χ4v) is 1.74. The van der Waals surface area contributed by atoms with Crippen LogP contribution in [-0.2, 0) is 4.74 Å². The lowest BCUT2D eigenvalue weighted by atomic mass is 10.3. The molecule has 1 saturated heterocycles. The van der Waals surface area contributed by atoms with Crippen LogP contribution in [-0.4, -0.2) is 49.3 Å². The summed E-state index contributed by atoms with van der Waals surface area (Å²) in [5.74, 6) is 0. The average molecular weight is 222 g/mol. The maximum absolute atomic E-state index is 5.78. The Morgan fingerprint density at radius 1 is 1.44 bits per heavy atom. The normalized spacial score (nSPS) is 17.2. The van der Waals surface area contributed by atoms with Crippen molar-refractivity contribution < 1.29 is 4.74 Å². The van der Waals surface area contributed by atoms with Gasteiger partial charge in [0, 0.05) is 32.4 Å². The number of nitrogen functional groups attached to an aromatic ring is 1. The van der Waals surface area contributed by atoms with Crippen molar-refractivity contribution in [1.82, 2.24) is 9.88 Å². The van der Waals surface area contributed by atoms with Gasteiger partial charge in [0.2, 0.25) is 0 Å². The Labute approximate surface area is 95.6 Å². The number of aromatic nitrogens is 1. The van der Waals surface area contributed by atoms with Gasteiger partial charge in [-0.2, -0.15) is 0 Å². The molecule has 0 amide bonds. The first kappa shape index (κ1) is 11.2. The quantitative estimate of drug-likeness (QED) is 0.772. The van der Waals surface area contributed by atoms with E-state index in [1.165, 1.54) is 0 Å². The molecule has 0 radical (unpaired) electrons. The number of nitrogens with two attached hydrogens (primary N) is 1. The number of nitrogens with one attached hydrogen (secondary N) is 1. The van der Waals surface area contributed by atoms with Crippen molar-refractivity contribution in [3.8, 4) is 0 Å². The summed E-state index contributed by atoms with van der Waals surface area (Å²) >= 11 is 0.